The second kappa shape index (κ2) is 8.65. The molecule has 3 aromatic carbocycles. The number of nitrogens with one attached hydrogen (secondary N) is 2. The standard InChI is InChI=1S/C27H24F2N2O3/c1-2-34-26(33)24(17-11-10-16-12-13-30-15-18(16)14-17)31-25(32)20-7-5-9-22-23(20)19-6-3-4-8-21(19)27(22,28)29/h3-11,14,24,30H,2,12-13,15H2,1H3,(H,31,32). The van der Waals surface area contributed by atoms with Crippen LogP contribution < -0.4 is 10.6 Å². The third-order valence-corrected chi connectivity index (χ3v) is 6.43. The highest BCUT2D eigenvalue weighted by Crippen LogP contribution is 2.52. The Hall–Kier alpha value is -3.58. The van der Waals surface area contributed by atoms with E-state index in [4.69, 9.17) is 4.74 Å². The van der Waals surface area contributed by atoms with Crippen LogP contribution in [0.3, 0.4) is 0 Å². The Labute approximate surface area is 196 Å². The molecule has 1 atom stereocenters. The normalized spacial score (nSPS) is 16.1. The molecule has 0 saturated heterocycles. The Balaban J connectivity index is 1.53. The summed E-state index contributed by atoms with van der Waals surface area (Å²) in [6, 6.07) is 15.1. The van der Waals surface area contributed by atoms with Gasteiger partial charge in [0.2, 0.25) is 0 Å². The van der Waals surface area contributed by atoms with Crippen molar-refractivity contribution in [3.8, 4) is 11.1 Å². The Morgan fingerprint density at radius 2 is 1.85 bits per heavy atom. The molecule has 2 N–H and O–H groups in total. The van der Waals surface area contributed by atoms with Gasteiger partial charge in [0.15, 0.2) is 6.04 Å². The maximum Gasteiger partial charge on any atom is 0.333 e. The number of benzene rings is 3. The molecule has 1 heterocycles. The van der Waals surface area contributed by atoms with Crippen molar-refractivity contribution in [3.05, 3.63) is 94.0 Å². The average Bonchev–Trinajstić information content (AvgIpc) is 3.09. The van der Waals surface area contributed by atoms with Gasteiger partial charge in [0.1, 0.15) is 0 Å². The molecule has 1 amide bonds. The first-order valence-electron chi connectivity index (χ1n) is 11.3. The van der Waals surface area contributed by atoms with Gasteiger partial charge in [0.25, 0.3) is 11.8 Å². The van der Waals surface area contributed by atoms with Gasteiger partial charge < -0.3 is 15.4 Å². The first-order chi connectivity index (χ1) is 16.4. The van der Waals surface area contributed by atoms with E-state index in [2.05, 4.69) is 10.6 Å². The predicted octanol–water partition coefficient (Wildman–Crippen LogP) is 4.49. The monoisotopic (exact) mass is 462 g/mol. The summed E-state index contributed by atoms with van der Waals surface area (Å²) in [6.45, 7) is 3.40. The number of esters is 1. The van der Waals surface area contributed by atoms with Crippen molar-refractivity contribution in [2.75, 3.05) is 13.2 Å². The van der Waals surface area contributed by atoms with E-state index < -0.39 is 23.8 Å². The second-order valence-corrected chi connectivity index (χ2v) is 8.46. The van der Waals surface area contributed by atoms with Gasteiger partial charge >= 0.3 is 5.97 Å². The van der Waals surface area contributed by atoms with Gasteiger partial charge in [-0.25, -0.2) is 4.79 Å². The number of alkyl halides is 2. The summed E-state index contributed by atoms with van der Waals surface area (Å²) < 4.78 is 35.4. The second-order valence-electron chi connectivity index (χ2n) is 8.46. The molecule has 1 aliphatic heterocycles. The largest absolute Gasteiger partial charge is 0.464 e. The molecule has 34 heavy (non-hydrogen) atoms. The predicted molar refractivity (Wildman–Crippen MR) is 124 cm³/mol. The lowest BCUT2D eigenvalue weighted by molar-refractivity contribution is -0.145. The highest BCUT2D eigenvalue weighted by Gasteiger charge is 2.45. The van der Waals surface area contributed by atoms with Crippen LogP contribution in [-0.4, -0.2) is 25.0 Å². The summed E-state index contributed by atoms with van der Waals surface area (Å²) in [7, 11) is 0. The van der Waals surface area contributed by atoms with Crippen LogP contribution in [0.25, 0.3) is 11.1 Å². The number of fused-ring (bicyclic) bond motifs is 4. The number of ether oxygens (including phenoxy) is 1. The molecule has 2 aliphatic rings. The van der Waals surface area contributed by atoms with Crippen LogP contribution in [0.4, 0.5) is 8.78 Å². The summed E-state index contributed by atoms with van der Waals surface area (Å²) in [5, 5.41) is 6.05. The third-order valence-electron chi connectivity index (χ3n) is 6.43. The lowest BCUT2D eigenvalue weighted by Gasteiger charge is -2.22. The van der Waals surface area contributed by atoms with Crippen LogP contribution in [0, 0.1) is 0 Å². The van der Waals surface area contributed by atoms with Gasteiger partial charge in [-0.15, -0.1) is 0 Å². The number of hydrogen-bond acceptors (Lipinski definition) is 4. The van der Waals surface area contributed by atoms with Crippen molar-refractivity contribution in [1.29, 1.82) is 0 Å². The quantitative estimate of drug-likeness (QED) is 0.549. The van der Waals surface area contributed by atoms with Crippen LogP contribution in [0.1, 0.15) is 51.1 Å². The molecule has 7 heteroatoms. The molecule has 1 unspecified atom stereocenters. The fraction of sp³-hybridized carbons (Fsp3) is 0.259. The van der Waals surface area contributed by atoms with Crippen LogP contribution >= 0.6 is 0 Å². The Morgan fingerprint density at radius 1 is 1.06 bits per heavy atom. The van der Waals surface area contributed by atoms with Gasteiger partial charge in [-0.05, 0) is 48.2 Å². The first kappa shape index (κ1) is 22.2. The van der Waals surface area contributed by atoms with Gasteiger partial charge in [-0.1, -0.05) is 54.6 Å². The molecular weight excluding hydrogens is 438 g/mol. The fourth-order valence-electron chi connectivity index (χ4n) is 4.81. The van der Waals surface area contributed by atoms with Crippen LogP contribution in [0.5, 0.6) is 0 Å². The molecule has 0 fully saturated rings. The highest BCUT2D eigenvalue weighted by atomic mass is 19.3. The SMILES string of the molecule is CCOC(=O)C(NC(=O)c1cccc2c1-c1ccccc1C2(F)F)c1ccc2c(c1)CNCC2. The van der Waals surface area contributed by atoms with Crippen molar-refractivity contribution in [2.45, 2.75) is 31.9 Å². The van der Waals surface area contributed by atoms with E-state index >= 15 is 8.78 Å². The zero-order chi connectivity index (χ0) is 23.9. The van der Waals surface area contributed by atoms with Crippen LogP contribution in [0.15, 0.2) is 60.7 Å². The minimum atomic E-state index is -3.20. The number of amides is 1. The lowest BCUT2D eigenvalue weighted by atomic mass is 9.95. The first-order valence-corrected chi connectivity index (χ1v) is 11.3. The molecule has 174 valence electrons. The van der Waals surface area contributed by atoms with Gasteiger partial charge in [0.05, 0.1) is 6.61 Å². The van der Waals surface area contributed by atoms with E-state index in [1.165, 1.54) is 29.8 Å². The van der Waals surface area contributed by atoms with Crippen molar-refractivity contribution in [2.24, 2.45) is 0 Å². The smallest absolute Gasteiger partial charge is 0.333 e. The highest BCUT2D eigenvalue weighted by molar-refractivity contribution is 6.05. The molecule has 0 radical (unpaired) electrons. The number of halogens is 2. The molecule has 0 aromatic heterocycles. The van der Waals surface area contributed by atoms with Crippen LogP contribution in [-0.2, 0) is 28.4 Å². The summed E-state index contributed by atoms with van der Waals surface area (Å²) in [6.07, 6.45) is 0.885. The van der Waals surface area contributed by atoms with Crippen molar-refractivity contribution in [1.82, 2.24) is 10.6 Å². The van der Waals surface area contributed by atoms with Gasteiger partial charge in [-0.2, -0.15) is 8.78 Å². The Bertz CT molecular complexity index is 1290. The van der Waals surface area contributed by atoms with E-state index in [0.29, 0.717) is 17.7 Å². The third kappa shape index (κ3) is 3.66. The molecule has 0 bridgehead atoms. The van der Waals surface area contributed by atoms with Crippen molar-refractivity contribution in [3.63, 3.8) is 0 Å². The van der Waals surface area contributed by atoms with Crippen molar-refractivity contribution >= 4 is 11.9 Å². The Kier molecular flexibility index (Phi) is 5.65. The number of hydrogen-bond donors (Lipinski definition) is 2. The summed E-state index contributed by atoms with van der Waals surface area (Å²) in [5.74, 6) is -4.41. The van der Waals surface area contributed by atoms with Crippen molar-refractivity contribution < 1.29 is 23.1 Å². The molecule has 0 spiro atoms. The molecular formula is C27H24F2N2O3. The minimum Gasteiger partial charge on any atom is -0.464 e. The molecule has 0 saturated carbocycles. The summed E-state index contributed by atoms with van der Waals surface area (Å²) >= 11 is 0. The summed E-state index contributed by atoms with van der Waals surface area (Å²) in [5.41, 5.74) is 3.10. The maximum absolute atomic E-state index is 15.1. The number of carbonyl (C=O) groups excluding carboxylic acids is 2. The average molecular weight is 462 g/mol. The molecule has 3 aromatic rings. The van der Waals surface area contributed by atoms with Gasteiger partial charge in [-0.3, -0.25) is 4.79 Å². The van der Waals surface area contributed by atoms with Gasteiger partial charge in [0, 0.05) is 28.8 Å². The number of rotatable bonds is 5. The minimum absolute atomic E-state index is 0.0936. The lowest BCUT2D eigenvalue weighted by Crippen LogP contribution is -2.35. The number of carbonyl (C=O) groups is 2. The maximum atomic E-state index is 15.1. The fourth-order valence-corrected chi connectivity index (χ4v) is 4.81. The zero-order valence-electron chi connectivity index (χ0n) is 18.7. The van der Waals surface area contributed by atoms with E-state index in [1.807, 2.05) is 18.2 Å². The Morgan fingerprint density at radius 3 is 2.68 bits per heavy atom. The summed E-state index contributed by atoms with van der Waals surface area (Å²) in [4.78, 5) is 26.3. The van der Waals surface area contributed by atoms with Crippen LogP contribution in [0.2, 0.25) is 0 Å². The van der Waals surface area contributed by atoms with E-state index in [-0.39, 0.29) is 28.9 Å². The molecule has 1 aliphatic carbocycles. The molecule has 5 rings (SSSR count). The zero-order valence-corrected chi connectivity index (χ0v) is 18.7. The topological polar surface area (TPSA) is 67.4 Å². The van der Waals surface area contributed by atoms with E-state index in [9.17, 15) is 9.59 Å². The van der Waals surface area contributed by atoms with E-state index in [0.717, 1.165) is 18.5 Å². The molecule has 5 nitrogen and oxygen atoms in total. The van der Waals surface area contributed by atoms with E-state index in [1.54, 1.807) is 25.1 Å².